The molecule has 1 saturated heterocycles. The van der Waals surface area contributed by atoms with Gasteiger partial charge in [-0.15, -0.1) is 11.3 Å². The molecule has 0 saturated carbocycles. The van der Waals surface area contributed by atoms with Gasteiger partial charge in [0.05, 0.1) is 6.10 Å². The van der Waals surface area contributed by atoms with E-state index in [9.17, 15) is 5.11 Å². The fourth-order valence-corrected chi connectivity index (χ4v) is 3.47. The lowest BCUT2D eigenvalue weighted by Crippen LogP contribution is -2.40. The van der Waals surface area contributed by atoms with E-state index in [0.29, 0.717) is 0 Å². The molecule has 0 spiro atoms. The summed E-state index contributed by atoms with van der Waals surface area (Å²) in [5.41, 5.74) is 0. The Bertz CT molecular complexity index is 312. The van der Waals surface area contributed by atoms with Crippen molar-refractivity contribution in [2.75, 3.05) is 13.1 Å². The Labute approximate surface area is 108 Å². The molecule has 2 unspecified atom stereocenters. The van der Waals surface area contributed by atoms with E-state index in [1.165, 1.54) is 32.2 Å². The van der Waals surface area contributed by atoms with Crippen molar-refractivity contribution < 1.29 is 5.11 Å². The Hall–Kier alpha value is -0.380. The molecule has 0 bridgehead atoms. The monoisotopic (exact) mass is 253 g/mol. The topological polar surface area (TPSA) is 23.5 Å². The summed E-state index contributed by atoms with van der Waals surface area (Å²) in [6, 6.07) is 4.79. The molecule has 2 nitrogen and oxygen atoms in total. The quantitative estimate of drug-likeness (QED) is 0.869. The summed E-state index contributed by atoms with van der Waals surface area (Å²) in [7, 11) is 0. The second-order valence-electron chi connectivity index (χ2n) is 4.91. The summed E-state index contributed by atoms with van der Waals surface area (Å²) in [6.07, 6.45) is 5.89. The maximum absolute atomic E-state index is 10.1. The Kier molecular flexibility index (Phi) is 5.01. The zero-order chi connectivity index (χ0) is 12.1. The largest absolute Gasteiger partial charge is 0.388 e. The summed E-state index contributed by atoms with van der Waals surface area (Å²) in [4.78, 5) is 3.68. The molecule has 3 heteroatoms. The number of thiophene rings is 1. The van der Waals surface area contributed by atoms with Gasteiger partial charge in [0.15, 0.2) is 0 Å². The van der Waals surface area contributed by atoms with Crippen LogP contribution in [-0.2, 0) is 0 Å². The Balaban J connectivity index is 1.80. The van der Waals surface area contributed by atoms with Crippen LogP contribution in [0.25, 0.3) is 0 Å². The minimum absolute atomic E-state index is 0.269. The normalized spacial score (nSPS) is 23.8. The summed E-state index contributed by atoms with van der Waals surface area (Å²) < 4.78 is 0. The van der Waals surface area contributed by atoms with Crippen LogP contribution >= 0.6 is 11.3 Å². The molecule has 1 aliphatic heterocycles. The number of likely N-dealkylation sites (tertiary alicyclic amines) is 1. The number of aliphatic hydroxyl groups is 1. The number of aliphatic hydroxyl groups excluding tert-OH is 1. The first-order valence-corrected chi connectivity index (χ1v) is 7.64. The first-order valence-electron chi connectivity index (χ1n) is 6.76. The molecule has 2 rings (SSSR count). The first kappa shape index (κ1) is 13.1. The highest BCUT2D eigenvalue weighted by atomic mass is 32.1. The van der Waals surface area contributed by atoms with Crippen molar-refractivity contribution in [3.05, 3.63) is 22.4 Å². The van der Waals surface area contributed by atoms with Crippen molar-refractivity contribution in [2.45, 2.75) is 51.2 Å². The van der Waals surface area contributed by atoms with Crippen LogP contribution in [0.15, 0.2) is 17.5 Å². The molecule has 1 N–H and O–H groups in total. The minimum atomic E-state index is -0.269. The van der Waals surface area contributed by atoms with Gasteiger partial charge in [-0.1, -0.05) is 19.4 Å². The molecule has 17 heavy (non-hydrogen) atoms. The second-order valence-corrected chi connectivity index (χ2v) is 5.89. The smallest absolute Gasteiger partial charge is 0.0894 e. The van der Waals surface area contributed by atoms with E-state index in [4.69, 9.17) is 0 Å². The van der Waals surface area contributed by atoms with Crippen molar-refractivity contribution in [3.63, 3.8) is 0 Å². The highest BCUT2D eigenvalue weighted by Crippen LogP contribution is 2.24. The minimum Gasteiger partial charge on any atom is -0.388 e. The predicted molar refractivity (Wildman–Crippen MR) is 73.4 cm³/mol. The van der Waals surface area contributed by atoms with E-state index in [2.05, 4.69) is 11.8 Å². The average molecular weight is 253 g/mol. The van der Waals surface area contributed by atoms with Crippen LogP contribution in [0, 0.1) is 0 Å². The summed E-state index contributed by atoms with van der Waals surface area (Å²) in [5, 5.41) is 12.1. The average Bonchev–Trinajstić information content (AvgIpc) is 2.90. The fraction of sp³-hybridized carbons (Fsp3) is 0.714. The molecule has 0 radical (unpaired) electrons. The molecule has 1 aromatic rings. The van der Waals surface area contributed by atoms with Crippen LogP contribution in [0.3, 0.4) is 0 Å². The lowest BCUT2D eigenvalue weighted by Gasteiger charge is -2.35. The van der Waals surface area contributed by atoms with Crippen LogP contribution < -0.4 is 0 Å². The van der Waals surface area contributed by atoms with Gasteiger partial charge in [-0.05, 0) is 43.7 Å². The molecule has 0 aliphatic carbocycles. The van der Waals surface area contributed by atoms with Gasteiger partial charge < -0.3 is 10.0 Å². The van der Waals surface area contributed by atoms with Gasteiger partial charge in [0.1, 0.15) is 0 Å². The van der Waals surface area contributed by atoms with E-state index in [1.54, 1.807) is 11.3 Å². The number of hydrogen-bond donors (Lipinski definition) is 1. The number of piperidine rings is 1. The molecule has 2 atom stereocenters. The van der Waals surface area contributed by atoms with Crippen LogP contribution in [0.2, 0.25) is 0 Å². The highest BCUT2D eigenvalue weighted by Gasteiger charge is 2.21. The van der Waals surface area contributed by atoms with Gasteiger partial charge in [0.25, 0.3) is 0 Å². The summed E-state index contributed by atoms with van der Waals surface area (Å²) in [6.45, 7) is 4.53. The Morgan fingerprint density at radius 2 is 2.41 bits per heavy atom. The van der Waals surface area contributed by atoms with E-state index in [1.807, 2.05) is 17.5 Å². The first-order chi connectivity index (χ1) is 8.31. The van der Waals surface area contributed by atoms with Gasteiger partial charge in [-0.3, -0.25) is 0 Å². The van der Waals surface area contributed by atoms with Crippen molar-refractivity contribution >= 4 is 11.3 Å². The molecule has 2 heterocycles. The zero-order valence-corrected chi connectivity index (χ0v) is 11.5. The molecular weight excluding hydrogens is 230 g/mol. The van der Waals surface area contributed by atoms with Crippen molar-refractivity contribution in [3.8, 4) is 0 Å². The number of rotatable bonds is 5. The molecular formula is C14H23NOS. The van der Waals surface area contributed by atoms with Gasteiger partial charge in [0.2, 0.25) is 0 Å². The van der Waals surface area contributed by atoms with Crippen LogP contribution in [-0.4, -0.2) is 29.1 Å². The van der Waals surface area contributed by atoms with Gasteiger partial charge in [0, 0.05) is 17.5 Å². The van der Waals surface area contributed by atoms with Gasteiger partial charge in [-0.2, -0.15) is 0 Å². The zero-order valence-electron chi connectivity index (χ0n) is 10.6. The predicted octanol–water partition coefficient (Wildman–Crippen LogP) is 3.44. The van der Waals surface area contributed by atoms with Gasteiger partial charge >= 0.3 is 0 Å². The molecule has 0 aromatic carbocycles. The Morgan fingerprint density at radius 1 is 1.53 bits per heavy atom. The lowest BCUT2D eigenvalue weighted by molar-refractivity contribution is 0.103. The number of nitrogens with zero attached hydrogens (tertiary/aromatic N) is 1. The molecule has 1 fully saturated rings. The van der Waals surface area contributed by atoms with E-state index < -0.39 is 0 Å². The maximum atomic E-state index is 10.1. The molecule has 96 valence electrons. The fourth-order valence-electron chi connectivity index (χ4n) is 2.73. The molecule has 1 aliphatic rings. The third kappa shape index (κ3) is 3.54. The van der Waals surface area contributed by atoms with E-state index in [0.717, 1.165) is 23.9 Å². The lowest BCUT2D eigenvalue weighted by atomic mass is 9.99. The number of hydrogen-bond acceptors (Lipinski definition) is 3. The van der Waals surface area contributed by atoms with E-state index in [-0.39, 0.29) is 6.10 Å². The summed E-state index contributed by atoms with van der Waals surface area (Å²) >= 11 is 1.66. The Morgan fingerprint density at radius 3 is 3.12 bits per heavy atom. The third-order valence-corrected chi connectivity index (χ3v) is 4.76. The SMILES string of the molecule is CCC1CCCCN1CCC(O)c1cccs1. The highest BCUT2D eigenvalue weighted by molar-refractivity contribution is 7.10. The molecule has 0 amide bonds. The van der Waals surface area contributed by atoms with Crippen molar-refractivity contribution in [2.24, 2.45) is 0 Å². The second kappa shape index (κ2) is 6.53. The van der Waals surface area contributed by atoms with Crippen molar-refractivity contribution in [1.29, 1.82) is 0 Å². The van der Waals surface area contributed by atoms with Crippen molar-refractivity contribution in [1.82, 2.24) is 4.90 Å². The van der Waals surface area contributed by atoms with Crippen LogP contribution in [0.1, 0.15) is 50.0 Å². The summed E-state index contributed by atoms with van der Waals surface area (Å²) in [5.74, 6) is 0. The van der Waals surface area contributed by atoms with Gasteiger partial charge in [-0.25, -0.2) is 0 Å². The van der Waals surface area contributed by atoms with Crippen LogP contribution in [0.5, 0.6) is 0 Å². The molecule has 1 aromatic heterocycles. The standard InChI is InChI=1S/C14H23NOS/c1-2-12-6-3-4-9-15(12)10-8-13(16)14-7-5-11-17-14/h5,7,11-13,16H,2-4,6,8-10H2,1H3. The third-order valence-electron chi connectivity index (χ3n) is 3.78. The van der Waals surface area contributed by atoms with Crippen LogP contribution in [0.4, 0.5) is 0 Å². The maximum Gasteiger partial charge on any atom is 0.0894 e. The van der Waals surface area contributed by atoms with E-state index >= 15 is 0 Å².